The molecule has 0 unspecified atom stereocenters. The molecule has 1 aliphatic carbocycles. The topological polar surface area (TPSA) is 52.7 Å². The van der Waals surface area contributed by atoms with Crippen molar-refractivity contribution in [3.63, 3.8) is 0 Å². The molecule has 1 fully saturated rings. The number of ketones is 1. The molecule has 1 aromatic rings. The standard InChI is InChI=1S/C20H29N3O2/c1-2-9-21-20(25)23-12-10-22(11-13-23)15-19(24)18-8-7-16-5-3-4-6-17(16)14-18/h7-8,14H,2-6,9-13,15H2,1H3,(H,21,25). The number of hydrogen-bond acceptors (Lipinski definition) is 3. The SMILES string of the molecule is CCCNC(=O)N1CCN(CC(=O)c2ccc3c(c2)CCCC3)CC1. The highest BCUT2D eigenvalue weighted by Crippen LogP contribution is 2.22. The summed E-state index contributed by atoms with van der Waals surface area (Å²) in [6.45, 7) is 6.11. The van der Waals surface area contributed by atoms with Crippen molar-refractivity contribution in [3.05, 3.63) is 34.9 Å². The Morgan fingerprint density at radius 3 is 2.48 bits per heavy atom. The van der Waals surface area contributed by atoms with E-state index in [1.807, 2.05) is 17.9 Å². The van der Waals surface area contributed by atoms with Gasteiger partial charge in [-0.3, -0.25) is 9.69 Å². The maximum absolute atomic E-state index is 12.6. The van der Waals surface area contributed by atoms with E-state index in [2.05, 4.69) is 22.3 Å². The summed E-state index contributed by atoms with van der Waals surface area (Å²) in [5, 5.41) is 2.91. The van der Waals surface area contributed by atoms with Crippen molar-refractivity contribution in [3.8, 4) is 0 Å². The summed E-state index contributed by atoms with van der Waals surface area (Å²) in [6.07, 6.45) is 5.68. The summed E-state index contributed by atoms with van der Waals surface area (Å²) in [5.74, 6) is 0.192. The zero-order chi connectivity index (χ0) is 17.6. The molecule has 0 bridgehead atoms. The number of Topliss-reactive ketones (excluding diaryl/α,β-unsaturated/α-hetero) is 1. The van der Waals surface area contributed by atoms with Crippen LogP contribution in [0.3, 0.4) is 0 Å². The molecular formula is C20H29N3O2. The van der Waals surface area contributed by atoms with Gasteiger partial charge < -0.3 is 10.2 Å². The molecule has 0 radical (unpaired) electrons. The van der Waals surface area contributed by atoms with E-state index in [4.69, 9.17) is 0 Å². The summed E-state index contributed by atoms with van der Waals surface area (Å²) < 4.78 is 0. The molecule has 1 N–H and O–H groups in total. The molecule has 3 rings (SSSR count). The second kappa shape index (κ2) is 8.48. The highest BCUT2D eigenvalue weighted by Gasteiger charge is 2.23. The van der Waals surface area contributed by atoms with Crippen LogP contribution in [0.4, 0.5) is 4.79 Å². The maximum atomic E-state index is 12.6. The molecule has 2 amide bonds. The van der Waals surface area contributed by atoms with Crippen LogP contribution in [0.1, 0.15) is 47.7 Å². The molecule has 25 heavy (non-hydrogen) atoms. The summed E-state index contributed by atoms with van der Waals surface area (Å²) >= 11 is 0. The number of hydrogen-bond donors (Lipinski definition) is 1. The van der Waals surface area contributed by atoms with Crippen molar-refractivity contribution in [2.24, 2.45) is 0 Å². The quantitative estimate of drug-likeness (QED) is 0.836. The monoisotopic (exact) mass is 343 g/mol. The molecule has 0 spiro atoms. The van der Waals surface area contributed by atoms with Crippen molar-refractivity contribution in [2.75, 3.05) is 39.3 Å². The number of piperazine rings is 1. The van der Waals surface area contributed by atoms with Gasteiger partial charge in [0.25, 0.3) is 0 Å². The fraction of sp³-hybridized carbons (Fsp3) is 0.600. The first-order valence-electron chi connectivity index (χ1n) is 9.57. The van der Waals surface area contributed by atoms with Crippen LogP contribution in [0.15, 0.2) is 18.2 Å². The molecule has 2 aliphatic rings. The molecule has 1 heterocycles. The molecular weight excluding hydrogens is 314 g/mol. The van der Waals surface area contributed by atoms with Crippen LogP contribution in [0.2, 0.25) is 0 Å². The van der Waals surface area contributed by atoms with Gasteiger partial charge in [0.15, 0.2) is 5.78 Å². The zero-order valence-corrected chi connectivity index (χ0v) is 15.2. The lowest BCUT2D eigenvalue weighted by atomic mass is 9.90. The van der Waals surface area contributed by atoms with Crippen LogP contribution in [0.25, 0.3) is 0 Å². The van der Waals surface area contributed by atoms with E-state index in [0.717, 1.165) is 44.5 Å². The van der Waals surface area contributed by atoms with Crippen LogP contribution in [0, 0.1) is 0 Å². The third-order valence-electron chi connectivity index (χ3n) is 5.22. The first-order valence-corrected chi connectivity index (χ1v) is 9.57. The number of carbonyl (C=O) groups is 2. The van der Waals surface area contributed by atoms with Gasteiger partial charge in [0.2, 0.25) is 0 Å². The zero-order valence-electron chi connectivity index (χ0n) is 15.2. The van der Waals surface area contributed by atoms with Gasteiger partial charge >= 0.3 is 6.03 Å². The molecule has 1 aromatic carbocycles. The van der Waals surface area contributed by atoms with E-state index in [9.17, 15) is 9.59 Å². The summed E-state index contributed by atoms with van der Waals surface area (Å²) in [6, 6.07) is 6.24. The number of benzene rings is 1. The van der Waals surface area contributed by atoms with Gasteiger partial charge in [0.1, 0.15) is 0 Å². The van der Waals surface area contributed by atoms with Crippen LogP contribution in [-0.4, -0.2) is 60.9 Å². The Labute approximate surface area is 150 Å². The minimum atomic E-state index is 0.0162. The van der Waals surface area contributed by atoms with E-state index in [1.54, 1.807) is 0 Å². The average molecular weight is 343 g/mol. The lowest BCUT2D eigenvalue weighted by Crippen LogP contribution is -2.52. The number of nitrogens with zero attached hydrogens (tertiary/aromatic N) is 2. The Hall–Kier alpha value is -1.88. The number of fused-ring (bicyclic) bond motifs is 1. The first-order chi connectivity index (χ1) is 12.2. The minimum Gasteiger partial charge on any atom is -0.338 e. The molecule has 1 aliphatic heterocycles. The third-order valence-corrected chi connectivity index (χ3v) is 5.22. The Kier molecular flexibility index (Phi) is 6.08. The highest BCUT2D eigenvalue weighted by molar-refractivity contribution is 5.97. The second-order valence-corrected chi connectivity index (χ2v) is 7.11. The van der Waals surface area contributed by atoms with Gasteiger partial charge in [-0.25, -0.2) is 4.79 Å². The molecule has 136 valence electrons. The number of carbonyl (C=O) groups excluding carboxylic acids is 2. The number of rotatable bonds is 5. The van der Waals surface area contributed by atoms with Crippen molar-refractivity contribution < 1.29 is 9.59 Å². The second-order valence-electron chi connectivity index (χ2n) is 7.11. The molecule has 0 atom stereocenters. The van der Waals surface area contributed by atoms with E-state index in [1.165, 1.54) is 24.0 Å². The molecule has 0 saturated carbocycles. The van der Waals surface area contributed by atoms with Gasteiger partial charge in [-0.1, -0.05) is 19.1 Å². The van der Waals surface area contributed by atoms with Crippen LogP contribution < -0.4 is 5.32 Å². The average Bonchev–Trinajstić information content (AvgIpc) is 2.66. The lowest BCUT2D eigenvalue weighted by molar-refractivity contribution is 0.0878. The smallest absolute Gasteiger partial charge is 0.317 e. The van der Waals surface area contributed by atoms with Crippen molar-refractivity contribution in [1.29, 1.82) is 0 Å². The Balaban J connectivity index is 1.50. The van der Waals surface area contributed by atoms with Crippen molar-refractivity contribution >= 4 is 11.8 Å². The predicted molar refractivity (Wildman–Crippen MR) is 99.1 cm³/mol. The van der Waals surface area contributed by atoms with Crippen LogP contribution in [-0.2, 0) is 12.8 Å². The van der Waals surface area contributed by atoms with Crippen molar-refractivity contribution in [1.82, 2.24) is 15.1 Å². The summed E-state index contributed by atoms with van der Waals surface area (Å²) in [7, 11) is 0. The summed E-state index contributed by atoms with van der Waals surface area (Å²) in [5.41, 5.74) is 3.60. The summed E-state index contributed by atoms with van der Waals surface area (Å²) in [4.78, 5) is 28.6. The highest BCUT2D eigenvalue weighted by atomic mass is 16.2. The number of urea groups is 1. The van der Waals surface area contributed by atoms with E-state index >= 15 is 0 Å². The number of nitrogens with one attached hydrogen (secondary N) is 1. The fourth-order valence-electron chi connectivity index (χ4n) is 3.65. The fourth-order valence-corrected chi connectivity index (χ4v) is 3.65. The minimum absolute atomic E-state index is 0.0162. The molecule has 1 saturated heterocycles. The lowest BCUT2D eigenvalue weighted by Gasteiger charge is -2.34. The van der Waals surface area contributed by atoms with E-state index in [0.29, 0.717) is 19.6 Å². The maximum Gasteiger partial charge on any atom is 0.317 e. The van der Waals surface area contributed by atoms with Gasteiger partial charge in [-0.15, -0.1) is 0 Å². The van der Waals surface area contributed by atoms with E-state index < -0.39 is 0 Å². The molecule has 0 aromatic heterocycles. The van der Waals surface area contributed by atoms with Crippen molar-refractivity contribution in [2.45, 2.75) is 39.0 Å². The first kappa shape index (κ1) is 17.9. The Bertz CT molecular complexity index is 621. The van der Waals surface area contributed by atoms with Gasteiger partial charge in [0, 0.05) is 38.3 Å². The third kappa shape index (κ3) is 4.60. The number of amides is 2. The van der Waals surface area contributed by atoms with Gasteiger partial charge in [-0.05, 0) is 49.3 Å². The van der Waals surface area contributed by atoms with E-state index in [-0.39, 0.29) is 11.8 Å². The Morgan fingerprint density at radius 1 is 1.04 bits per heavy atom. The Morgan fingerprint density at radius 2 is 1.76 bits per heavy atom. The molecule has 5 heteroatoms. The normalized spacial score (nSPS) is 17.9. The molecule has 5 nitrogen and oxygen atoms in total. The number of aryl methyl sites for hydroxylation is 2. The van der Waals surface area contributed by atoms with Crippen LogP contribution >= 0.6 is 0 Å². The largest absolute Gasteiger partial charge is 0.338 e. The van der Waals surface area contributed by atoms with Gasteiger partial charge in [0.05, 0.1) is 6.54 Å². The predicted octanol–water partition coefficient (Wildman–Crippen LogP) is 2.49. The van der Waals surface area contributed by atoms with Crippen LogP contribution in [0.5, 0.6) is 0 Å². The van der Waals surface area contributed by atoms with Gasteiger partial charge in [-0.2, -0.15) is 0 Å².